The van der Waals surface area contributed by atoms with Crippen molar-refractivity contribution in [2.45, 2.75) is 38.5 Å². The second kappa shape index (κ2) is 8.38. The van der Waals surface area contributed by atoms with E-state index in [9.17, 15) is 4.39 Å². The molecule has 1 aromatic rings. The number of rotatable bonds is 7. The van der Waals surface area contributed by atoms with Crippen LogP contribution < -0.4 is 0 Å². The molecule has 0 radical (unpaired) electrons. The lowest BCUT2D eigenvalue weighted by atomic mass is 9.91. The van der Waals surface area contributed by atoms with Crippen LogP contribution >= 0.6 is 0 Å². The standard InChI is InChI=1S/C17H26FNO/c18-17-9-7-15(8-10-17)5-6-16-4-3-12-19(14-16)11-1-2-13-20/h7-10,16,20H,1-6,11-14H2/t16-/m1/s1. The summed E-state index contributed by atoms with van der Waals surface area (Å²) in [5.41, 5.74) is 1.24. The molecule has 1 aliphatic rings. The zero-order valence-electron chi connectivity index (χ0n) is 12.2. The van der Waals surface area contributed by atoms with E-state index in [1.54, 1.807) is 12.1 Å². The van der Waals surface area contributed by atoms with Crippen molar-refractivity contribution in [3.8, 4) is 0 Å². The van der Waals surface area contributed by atoms with E-state index in [1.807, 2.05) is 12.1 Å². The first-order chi connectivity index (χ1) is 9.78. The van der Waals surface area contributed by atoms with Gasteiger partial charge >= 0.3 is 0 Å². The SMILES string of the molecule is OCCCCN1CCC[C@H](CCc2ccc(F)cc2)C1. The minimum Gasteiger partial charge on any atom is -0.396 e. The fourth-order valence-electron chi connectivity index (χ4n) is 3.06. The summed E-state index contributed by atoms with van der Waals surface area (Å²) in [6, 6.07) is 6.91. The molecule has 0 amide bonds. The van der Waals surface area contributed by atoms with E-state index in [0.717, 1.165) is 31.7 Å². The number of hydrogen-bond acceptors (Lipinski definition) is 2. The number of aryl methyl sites for hydroxylation is 1. The Morgan fingerprint density at radius 2 is 2.00 bits per heavy atom. The number of hydrogen-bond donors (Lipinski definition) is 1. The van der Waals surface area contributed by atoms with Crippen molar-refractivity contribution in [3.05, 3.63) is 35.6 Å². The van der Waals surface area contributed by atoms with Gasteiger partial charge in [-0.1, -0.05) is 12.1 Å². The number of piperidine rings is 1. The third kappa shape index (κ3) is 5.22. The van der Waals surface area contributed by atoms with Crippen LogP contribution in [0, 0.1) is 11.7 Å². The van der Waals surface area contributed by atoms with Gasteiger partial charge in [0.25, 0.3) is 0 Å². The second-order valence-corrected chi connectivity index (χ2v) is 5.90. The molecule has 1 saturated heterocycles. The van der Waals surface area contributed by atoms with Crippen molar-refractivity contribution in [3.63, 3.8) is 0 Å². The van der Waals surface area contributed by atoms with Gasteiger partial charge in [-0.05, 0) is 75.2 Å². The third-order valence-electron chi connectivity index (χ3n) is 4.24. The van der Waals surface area contributed by atoms with E-state index < -0.39 is 0 Å². The summed E-state index contributed by atoms with van der Waals surface area (Å²) in [5, 5.41) is 8.83. The van der Waals surface area contributed by atoms with Crippen LogP contribution in [0.1, 0.15) is 37.7 Å². The van der Waals surface area contributed by atoms with Crippen LogP contribution in [0.15, 0.2) is 24.3 Å². The Kier molecular flexibility index (Phi) is 6.48. The number of nitrogens with zero attached hydrogens (tertiary/aromatic N) is 1. The molecular weight excluding hydrogens is 253 g/mol. The fourth-order valence-corrected chi connectivity index (χ4v) is 3.06. The van der Waals surface area contributed by atoms with Crippen LogP contribution in [-0.2, 0) is 6.42 Å². The Morgan fingerprint density at radius 3 is 2.75 bits per heavy atom. The molecule has 0 bridgehead atoms. The topological polar surface area (TPSA) is 23.5 Å². The zero-order chi connectivity index (χ0) is 14.2. The van der Waals surface area contributed by atoms with Crippen molar-refractivity contribution in [2.24, 2.45) is 5.92 Å². The van der Waals surface area contributed by atoms with E-state index >= 15 is 0 Å². The summed E-state index contributed by atoms with van der Waals surface area (Å²) in [7, 11) is 0. The molecule has 2 nitrogen and oxygen atoms in total. The van der Waals surface area contributed by atoms with Gasteiger partial charge in [-0.2, -0.15) is 0 Å². The molecule has 1 atom stereocenters. The molecule has 1 aliphatic heterocycles. The molecule has 1 fully saturated rings. The maximum Gasteiger partial charge on any atom is 0.123 e. The molecule has 0 unspecified atom stereocenters. The van der Waals surface area contributed by atoms with E-state index in [0.29, 0.717) is 6.61 Å². The molecule has 0 saturated carbocycles. The number of aliphatic hydroxyl groups excluding tert-OH is 1. The Hall–Kier alpha value is -0.930. The van der Waals surface area contributed by atoms with Gasteiger partial charge < -0.3 is 10.0 Å². The fraction of sp³-hybridized carbons (Fsp3) is 0.647. The van der Waals surface area contributed by atoms with E-state index in [4.69, 9.17) is 5.11 Å². The smallest absolute Gasteiger partial charge is 0.123 e. The average molecular weight is 279 g/mol. The zero-order valence-corrected chi connectivity index (χ0v) is 12.2. The number of halogens is 1. The highest BCUT2D eigenvalue weighted by atomic mass is 19.1. The minimum atomic E-state index is -0.151. The predicted octanol–water partition coefficient (Wildman–Crippen LogP) is 3.24. The highest BCUT2D eigenvalue weighted by molar-refractivity contribution is 5.16. The lowest BCUT2D eigenvalue weighted by molar-refractivity contribution is 0.162. The summed E-state index contributed by atoms with van der Waals surface area (Å²) in [5.74, 6) is 0.615. The lowest BCUT2D eigenvalue weighted by Crippen LogP contribution is -2.36. The first-order valence-electron chi connectivity index (χ1n) is 7.85. The van der Waals surface area contributed by atoms with Crippen molar-refractivity contribution in [1.82, 2.24) is 4.90 Å². The molecule has 1 N–H and O–H groups in total. The van der Waals surface area contributed by atoms with Gasteiger partial charge in [0.05, 0.1) is 0 Å². The molecule has 112 valence electrons. The highest BCUT2D eigenvalue weighted by Crippen LogP contribution is 2.22. The number of benzene rings is 1. The van der Waals surface area contributed by atoms with Crippen LogP contribution in [-0.4, -0.2) is 36.2 Å². The number of likely N-dealkylation sites (tertiary alicyclic amines) is 1. The van der Waals surface area contributed by atoms with E-state index in [1.165, 1.54) is 37.9 Å². The first kappa shape index (κ1) is 15.5. The Labute approximate surface area is 121 Å². The maximum atomic E-state index is 12.9. The summed E-state index contributed by atoms with van der Waals surface area (Å²) in [4.78, 5) is 2.54. The Balaban J connectivity index is 1.71. The van der Waals surface area contributed by atoms with Gasteiger partial charge in [0, 0.05) is 13.2 Å². The monoisotopic (exact) mass is 279 g/mol. The van der Waals surface area contributed by atoms with Crippen molar-refractivity contribution in [2.75, 3.05) is 26.2 Å². The van der Waals surface area contributed by atoms with Crippen LogP contribution in [0.25, 0.3) is 0 Å². The molecule has 2 rings (SSSR count). The van der Waals surface area contributed by atoms with Crippen molar-refractivity contribution >= 4 is 0 Å². The summed E-state index contributed by atoms with van der Waals surface area (Å²) >= 11 is 0. The number of unbranched alkanes of at least 4 members (excludes halogenated alkanes) is 1. The van der Waals surface area contributed by atoms with Gasteiger partial charge in [-0.25, -0.2) is 4.39 Å². The van der Waals surface area contributed by atoms with E-state index in [-0.39, 0.29) is 5.82 Å². The Morgan fingerprint density at radius 1 is 1.20 bits per heavy atom. The highest BCUT2D eigenvalue weighted by Gasteiger charge is 2.19. The quantitative estimate of drug-likeness (QED) is 0.775. The summed E-state index contributed by atoms with van der Waals surface area (Å²) in [6.07, 6.45) is 6.86. The van der Waals surface area contributed by atoms with Crippen molar-refractivity contribution in [1.29, 1.82) is 0 Å². The number of aliphatic hydroxyl groups is 1. The van der Waals surface area contributed by atoms with E-state index in [2.05, 4.69) is 4.90 Å². The lowest BCUT2D eigenvalue weighted by Gasteiger charge is -2.32. The largest absolute Gasteiger partial charge is 0.396 e. The predicted molar refractivity (Wildman–Crippen MR) is 80.2 cm³/mol. The van der Waals surface area contributed by atoms with Gasteiger partial charge in [-0.15, -0.1) is 0 Å². The van der Waals surface area contributed by atoms with Crippen LogP contribution in [0.2, 0.25) is 0 Å². The first-order valence-corrected chi connectivity index (χ1v) is 7.85. The van der Waals surface area contributed by atoms with Crippen LogP contribution in [0.5, 0.6) is 0 Å². The molecule has 1 aromatic carbocycles. The van der Waals surface area contributed by atoms with Gasteiger partial charge in [0.2, 0.25) is 0 Å². The molecule has 0 aliphatic carbocycles. The molecule has 0 spiro atoms. The summed E-state index contributed by atoms with van der Waals surface area (Å²) in [6.45, 7) is 3.82. The summed E-state index contributed by atoms with van der Waals surface area (Å²) < 4.78 is 12.9. The molecule has 20 heavy (non-hydrogen) atoms. The van der Waals surface area contributed by atoms with Crippen molar-refractivity contribution < 1.29 is 9.50 Å². The van der Waals surface area contributed by atoms with Gasteiger partial charge in [-0.3, -0.25) is 0 Å². The minimum absolute atomic E-state index is 0.151. The average Bonchev–Trinajstić information content (AvgIpc) is 2.47. The third-order valence-corrected chi connectivity index (χ3v) is 4.24. The molecule has 1 heterocycles. The van der Waals surface area contributed by atoms with Gasteiger partial charge in [0.1, 0.15) is 5.82 Å². The normalized spacial score (nSPS) is 20.2. The maximum absolute atomic E-state index is 12.9. The van der Waals surface area contributed by atoms with Crippen LogP contribution in [0.3, 0.4) is 0 Å². The van der Waals surface area contributed by atoms with Crippen LogP contribution in [0.4, 0.5) is 4.39 Å². The van der Waals surface area contributed by atoms with Gasteiger partial charge in [0.15, 0.2) is 0 Å². The Bertz CT molecular complexity index is 379. The molecule has 0 aromatic heterocycles. The second-order valence-electron chi connectivity index (χ2n) is 5.90. The molecular formula is C17H26FNO. The molecule has 3 heteroatoms.